The molecule has 21 heavy (non-hydrogen) atoms. The highest BCUT2D eigenvalue weighted by molar-refractivity contribution is 7.93. The molecule has 0 aliphatic carbocycles. The molecule has 1 amide bonds. The van der Waals surface area contributed by atoms with Crippen LogP contribution in [0.25, 0.3) is 0 Å². The first-order valence-electron chi connectivity index (χ1n) is 5.81. The molecule has 0 heterocycles. The van der Waals surface area contributed by atoms with Gasteiger partial charge in [-0.05, 0) is 25.1 Å². The van der Waals surface area contributed by atoms with Gasteiger partial charge in [0, 0.05) is 0 Å². The van der Waals surface area contributed by atoms with Crippen LogP contribution in [-0.2, 0) is 24.2 Å². The number of nitrogens with one attached hydrogen (secondary N) is 1. The van der Waals surface area contributed by atoms with Gasteiger partial charge < -0.3 is 15.8 Å². The summed E-state index contributed by atoms with van der Waals surface area (Å²) in [5.41, 5.74) is 5.55. The van der Waals surface area contributed by atoms with Crippen LogP contribution in [0.3, 0.4) is 0 Å². The summed E-state index contributed by atoms with van der Waals surface area (Å²) in [7, 11) is -2.97. The summed E-state index contributed by atoms with van der Waals surface area (Å²) >= 11 is 0. The van der Waals surface area contributed by atoms with Gasteiger partial charge in [-0.15, -0.1) is 0 Å². The molecule has 1 atom stereocenters. The quantitative estimate of drug-likeness (QED) is 0.597. The Hall–Kier alpha value is -2.16. The van der Waals surface area contributed by atoms with Gasteiger partial charge in [-0.1, -0.05) is 0 Å². The molecule has 0 spiro atoms. The van der Waals surface area contributed by atoms with Crippen molar-refractivity contribution in [2.45, 2.75) is 12.2 Å². The SMILES string of the molecule is COC(=O)CS(=O)(=O)C(C)C(=O)Nc1ccc(F)cc1N. The highest BCUT2D eigenvalue weighted by Gasteiger charge is 2.31. The second kappa shape index (κ2) is 6.53. The molecule has 0 aliphatic heterocycles. The highest BCUT2D eigenvalue weighted by Crippen LogP contribution is 2.20. The zero-order valence-electron chi connectivity index (χ0n) is 11.4. The number of amides is 1. The van der Waals surface area contributed by atoms with Crippen molar-refractivity contribution < 1.29 is 27.1 Å². The zero-order chi connectivity index (χ0) is 16.2. The Morgan fingerprint density at radius 1 is 1.43 bits per heavy atom. The van der Waals surface area contributed by atoms with Crippen molar-refractivity contribution in [2.75, 3.05) is 23.9 Å². The maximum Gasteiger partial charge on any atom is 0.320 e. The third kappa shape index (κ3) is 4.42. The van der Waals surface area contributed by atoms with Crippen LogP contribution in [0.1, 0.15) is 6.92 Å². The predicted molar refractivity (Wildman–Crippen MR) is 74.7 cm³/mol. The Labute approximate surface area is 121 Å². The second-order valence-corrected chi connectivity index (χ2v) is 6.57. The molecule has 0 saturated heterocycles. The van der Waals surface area contributed by atoms with Crippen LogP contribution in [0, 0.1) is 5.82 Å². The van der Waals surface area contributed by atoms with Gasteiger partial charge in [-0.2, -0.15) is 0 Å². The van der Waals surface area contributed by atoms with Crippen molar-refractivity contribution in [3.8, 4) is 0 Å². The van der Waals surface area contributed by atoms with E-state index in [-0.39, 0.29) is 11.4 Å². The van der Waals surface area contributed by atoms with Crippen molar-refractivity contribution in [2.24, 2.45) is 0 Å². The summed E-state index contributed by atoms with van der Waals surface area (Å²) in [6.07, 6.45) is 0. The number of rotatable bonds is 5. The van der Waals surface area contributed by atoms with Crippen LogP contribution in [-0.4, -0.2) is 38.4 Å². The van der Waals surface area contributed by atoms with E-state index in [1.54, 1.807) is 0 Å². The molecule has 9 heteroatoms. The fourth-order valence-electron chi connectivity index (χ4n) is 1.39. The van der Waals surface area contributed by atoms with Crippen LogP contribution in [0.5, 0.6) is 0 Å². The van der Waals surface area contributed by atoms with E-state index in [2.05, 4.69) is 10.1 Å². The third-order valence-corrected chi connectivity index (χ3v) is 4.66. The molecule has 0 bridgehead atoms. The van der Waals surface area contributed by atoms with Gasteiger partial charge in [0.05, 0.1) is 18.5 Å². The molecule has 1 unspecified atom stereocenters. The highest BCUT2D eigenvalue weighted by atomic mass is 32.2. The van der Waals surface area contributed by atoms with E-state index >= 15 is 0 Å². The number of benzene rings is 1. The number of anilines is 2. The summed E-state index contributed by atoms with van der Waals surface area (Å²) in [6.45, 7) is 1.13. The lowest BCUT2D eigenvalue weighted by Crippen LogP contribution is -2.36. The van der Waals surface area contributed by atoms with E-state index in [4.69, 9.17) is 5.73 Å². The van der Waals surface area contributed by atoms with Gasteiger partial charge in [0.25, 0.3) is 0 Å². The summed E-state index contributed by atoms with van der Waals surface area (Å²) in [6, 6.07) is 3.27. The van der Waals surface area contributed by atoms with Gasteiger partial charge in [0.1, 0.15) is 16.8 Å². The lowest BCUT2D eigenvalue weighted by atomic mass is 10.2. The van der Waals surface area contributed by atoms with E-state index in [1.807, 2.05) is 0 Å². The van der Waals surface area contributed by atoms with Gasteiger partial charge >= 0.3 is 5.97 Å². The molecular weight excluding hydrogens is 303 g/mol. The minimum absolute atomic E-state index is 0.0408. The molecule has 0 aromatic heterocycles. The molecule has 1 aromatic rings. The van der Waals surface area contributed by atoms with Gasteiger partial charge in [0.15, 0.2) is 9.84 Å². The maximum atomic E-state index is 12.9. The lowest BCUT2D eigenvalue weighted by Gasteiger charge is -2.13. The number of nitrogen functional groups attached to an aromatic ring is 1. The van der Waals surface area contributed by atoms with Crippen LogP contribution in [0.15, 0.2) is 18.2 Å². The predicted octanol–water partition coefficient (Wildman–Crippen LogP) is 0.323. The molecule has 0 saturated carbocycles. The number of hydrogen-bond donors (Lipinski definition) is 2. The Morgan fingerprint density at radius 2 is 2.05 bits per heavy atom. The summed E-state index contributed by atoms with van der Waals surface area (Å²) in [5, 5.41) is 0.788. The minimum Gasteiger partial charge on any atom is -0.468 e. The fourth-order valence-corrected chi connectivity index (χ4v) is 2.47. The van der Waals surface area contributed by atoms with E-state index in [9.17, 15) is 22.4 Å². The molecule has 0 aliphatic rings. The van der Waals surface area contributed by atoms with Crippen LogP contribution in [0.4, 0.5) is 15.8 Å². The molecule has 1 aromatic carbocycles. The minimum atomic E-state index is -4.01. The van der Waals surface area contributed by atoms with E-state index < -0.39 is 38.5 Å². The van der Waals surface area contributed by atoms with Crippen molar-refractivity contribution in [3.05, 3.63) is 24.0 Å². The van der Waals surface area contributed by atoms with Gasteiger partial charge in [0.2, 0.25) is 5.91 Å². The Kier molecular flexibility index (Phi) is 5.25. The number of carbonyl (C=O) groups excluding carboxylic acids is 2. The van der Waals surface area contributed by atoms with Gasteiger partial charge in [-0.25, -0.2) is 12.8 Å². The molecule has 0 radical (unpaired) electrons. The maximum absolute atomic E-state index is 12.9. The summed E-state index contributed by atoms with van der Waals surface area (Å²) < 4.78 is 40.8. The Bertz CT molecular complexity index is 660. The van der Waals surface area contributed by atoms with Crippen LogP contribution in [0.2, 0.25) is 0 Å². The van der Waals surface area contributed by atoms with Crippen LogP contribution >= 0.6 is 0 Å². The smallest absolute Gasteiger partial charge is 0.320 e. The molecule has 0 fully saturated rings. The normalized spacial score (nSPS) is 12.5. The van der Waals surface area contributed by atoms with E-state index in [0.717, 1.165) is 26.2 Å². The molecule has 7 nitrogen and oxygen atoms in total. The third-order valence-electron chi connectivity index (χ3n) is 2.73. The number of sulfone groups is 1. The molecule has 3 N–H and O–H groups in total. The van der Waals surface area contributed by atoms with Crippen molar-refractivity contribution in [1.82, 2.24) is 0 Å². The van der Waals surface area contributed by atoms with E-state index in [0.29, 0.717) is 0 Å². The largest absolute Gasteiger partial charge is 0.468 e. The second-order valence-electron chi connectivity index (χ2n) is 4.25. The van der Waals surface area contributed by atoms with Crippen molar-refractivity contribution >= 4 is 33.1 Å². The van der Waals surface area contributed by atoms with Crippen molar-refractivity contribution in [1.29, 1.82) is 0 Å². The number of halogens is 1. The zero-order valence-corrected chi connectivity index (χ0v) is 12.2. The standard InChI is InChI=1S/C12H15FN2O5S/c1-7(21(18,19)6-11(16)20-2)12(17)15-10-4-3-8(13)5-9(10)14/h3-5,7H,6,14H2,1-2H3,(H,15,17). The molecule has 1 rings (SSSR count). The summed E-state index contributed by atoms with van der Waals surface area (Å²) in [5.74, 6) is -3.33. The number of esters is 1. The van der Waals surface area contributed by atoms with Crippen molar-refractivity contribution in [3.63, 3.8) is 0 Å². The first-order valence-corrected chi connectivity index (χ1v) is 7.53. The van der Waals surface area contributed by atoms with Gasteiger partial charge in [-0.3, -0.25) is 9.59 Å². The number of nitrogens with two attached hydrogens (primary N) is 1. The monoisotopic (exact) mass is 318 g/mol. The number of hydrogen-bond acceptors (Lipinski definition) is 6. The average Bonchev–Trinajstić information content (AvgIpc) is 2.40. The molecular formula is C12H15FN2O5S. The number of carbonyl (C=O) groups is 2. The first kappa shape index (κ1) is 16.9. The summed E-state index contributed by atoms with van der Waals surface area (Å²) in [4.78, 5) is 22.9. The number of ether oxygens (including phenoxy) is 1. The molecule has 116 valence electrons. The van der Waals surface area contributed by atoms with Crippen LogP contribution < -0.4 is 11.1 Å². The number of methoxy groups -OCH3 is 1. The topological polar surface area (TPSA) is 116 Å². The lowest BCUT2D eigenvalue weighted by molar-refractivity contribution is -0.137. The van der Waals surface area contributed by atoms with E-state index in [1.165, 1.54) is 6.07 Å². The Morgan fingerprint density at radius 3 is 2.57 bits per heavy atom. The average molecular weight is 318 g/mol. The first-order chi connectivity index (χ1) is 9.67. The Balaban J connectivity index is 2.86. The fraction of sp³-hybridized carbons (Fsp3) is 0.333.